The Bertz CT molecular complexity index is 626. The lowest BCUT2D eigenvalue weighted by molar-refractivity contribution is 0.219. The van der Waals surface area contributed by atoms with E-state index in [0.717, 1.165) is 16.5 Å². The second-order valence-electron chi connectivity index (χ2n) is 4.07. The zero-order valence-electron chi connectivity index (χ0n) is 9.21. The Labute approximate surface area is 99.1 Å². The topological polar surface area (TPSA) is 33.4 Å². The molecule has 0 saturated carbocycles. The fourth-order valence-corrected chi connectivity index (χ4v) is 2.00. The quantitative estimate of drug-likeness (QED) is 0.722. The van der Waals surface area contributed by atoms with Crippen molar-refractivity contribution in [3.63, 3.8) is 0 Å². The summed E-state index contributed by atoms with van der Waals surface area (Å²) in [6, 6.07) is 15.9. The van der Waals surface area contributed by atoms with Crippen LogP contribution in [-0.2, 0) is 0 Å². The van der Waals surface area contributed by atoms with Crippen LogP contribution in [0.5, 0.6) is 0 Å². The monoisotopic (exact) mass is 224 g/mol. The first-order chi connectivity index (χ1) is 8.34. The summed E-state index contributed by atoms with van der Waals surface area (Å²) < 4.78 is 4.98. The summed E-state index contributed by atoms with van der Waals surface area (Å²) >= 11 is 0. The molecule has 2 nitrogen and oxygen atoms in total. The van der Waals surface area contributed by atoms with Gasteiger partial charge in [-0.15, -0.1) is 0 Å². The van der Waals surface area contributed by atoms with E-state index in [2.05, 4.69) is 6.07 Å². The van der Waals surface area contributed by atoms with Crippen molar-refractivity contribution in [1.29, 1.82) is 0 Å². The van der Waals surface area contributed by atoms with Gasteiger partial charge in [-0.1, -0.05) is 36.4 Å². The van der Waals surface area contributed by atoms with Gasteiger partial charge in [0.05, 0.1) is 12.5 Å². The summed E-state index contributed by atoms with van der Waals surface area (Å²) in [5.41, 5.74) is 1.66. The lowest BCUT2D eigenvalue weighted by Crippen LogP contribution is -1.97. The highest BCUT2D eigenvalue weighted by Gasteiger charge is 2.11. The molecule has 1 N–H and O–H groups in total. The van der Waals surface area contributed by atoms with Crippen molar-refractivity contribution < 1.29 is 9.52 Å². The SMILES string of the molecule is O[C@H](c1ccoc1)c1ccc2ccccc2c1. The van der Waals surface area contributed by atoms with Crippen LogP contribution >= 0.6 is 0 Å². The summed E-state index contributed by atoms with van der Waals surface area (Å²) in [4.78, 5) is 0. The highest BCUT2D eigenvalue weighted by Crippen LogP contribution is 2.25. The van der Waals surface area contributed by atoms with Crippen molar-refractivity contribution in [3.8, 4) is 0 Å². The molecule has 2 heteroatoms. The van der Waals surface area contributed by atoms with E-state index in [1.54, 1.807) is 18.6 Å². The van der Waals surface area contributed by atoms with E-state index in [0.29, 0.717) is 0 Å². The van der Waals surface area contributed by atoms with E-state index < -0.39 is 6.10 Å². The molecular formula is C15H12O2. The van der Waals surface area contributed by atoms with E-state index in [4.69, 9.17) is 4.42 Å². The summed E-state index contributed by atoms with van der Waals surface area (Å²) in [5.74, 6) is 0. The largest absolute Gasteiger partial charge is 0.472 e. The lowest BCUT2D eigenvalue weighted by Gasteiger charge is -2.09. The van der Waals surface area contributed by atoms with Crippen molar-refractivity contribution in [2.75, 3.05) is 0 Å². The average Bonchev–Trinajstić information content (AvgIpc) is 2.91. The first kappa shape index (κ1) is 10.1. The van der Waals surface area contributed by atoms with Gasteiger partial charge in [0.25, 0.3) is 0 Å². The van der Waals surface area contributed by atoms with Crippen LogP contribution in [0.25, 0.3) is 10.8 Å². The third-order valence-electron chi connectivity index (χ3n) is 2.95. The molecule has 0 aliphatic heterocycles. The summed E-state index contributed by atoms with van der Waals surface area (Å²) in [5, 5.41) is 12.5. The van der Waals surface area contributed by atoms with Gasteiger partial charge in [-0.3, -0.25) is 0 Å². The Morgan fingerprint density at radius 3 is 2.47 bits per heavy atom. The molecule has 1 aromatic heterocycles. The molecule has 0 aliphatic carbocycles. The van der Waals surface area contributed by atoms with E-state index >= 15 is 0 Å². The second kappa shape index (κ2) is 4.07. The molecule has 2 aromatic carbocycles. The first-order valence-corrected chi connectivity index (χ1v) is 5.53. The molecule has 0 aliphatic rings. The van der Waals surface area contributed by atoms with Gasteiger partial charge in [-0.05, 0) is 28.5 Å². The highest BCUT2D eigenvalue weighted by atomic mass is 16.3. The van der Waals surface area contributed by atoms with Gasteiger partial charge in [0.1, 0.15) is 6.10 Å². The smallest absolute Gasteiger partial charge is 0.107 e. The Hall–Kier alpha value is -2.06. The van der Waals surface area contributed by atoms with Crippen LogP contribution in [0.3, 0.4) is 0 Å². The van der Waals surface area contributed by atoms with Gasteiger partial charge in [0.2, 0.25) is 0 Å². The number of hydrogen-bond acceptors (Lipinski definition) is 2. The molecule has 84 valence electrons. The summed E-state index contributed by atoms with van der Waals surface area (Å²) in [6.45, 7) is 0. The highest BCUT2D eigenvalue weighted by molar-refractivity contribution is 5.83. The van der Waals surface area contributed by atoms with Crippen molar-refractivity contribution in [3.05, 3.63) is 72.2 Å². The predicted octanol–water partition coefficient (Wildman–Crippen LogP) is 3.51. The fraction of sp³-hybridized carbons (Fsp3) is 0.0667. The molecule has 17 heavy (non-hydrogen) atoms. The van der Waals surface area contributed by atoms with Crippen LogP contribution in [-0.4, -0.2) is 5.11 Å². The van der Waals surface area contributed by atoms with Crippen LogP contribution in [0.4, 0.5) is 0 Å². The number of aliphatic hydroxyl groups is 1. The van der Waals surface area contributed by atoms with Crippen LogP contribution in [0.1, 0.15) is 17.2 Å². The summed E-state index contributed by atoms with van der Waals surface area (Å²) in [7, 11) is 0. The number of aliphatic hydroxyl groups excluding tert-OH is 1. The van der Waals surface area contributed by atoms with Gasteiger partial charge >= 0.3 is 0 Å². The van der Waals surface area contributed by atoms with E-state index in [1.807, 2.05) is 36.4 Å². The molecular weight excluding hydrogens is 212 g/mol. The van der Waals surface area contributed by atoms with E-state index in [1.165, 1.54) is 5.39 Å². The average molecular weight is 224 g/mol. The van der Waals surface area contributed by atoms with Gasteiger partial charge in [-0.2, -0.15) is 0 Å². The number of fused-ring (bicyclic) bond motifs is 1. The molecule has 0 spiro atoms. The molecule has 1 heterocycles. The normalized spacial score (nSPS) is 12.8. The number of hydrogen-bond donors (Lipinski definition) is 1. The number of furan rings is 1. The van der Waals surface area contributed by atoms with Crippen molar-refractivity contribution >= 4 is 10.8 Å². The fourth-order valence-electron chi connectivity index (χ4n) is 2.00. The molecule has 3 rings (SSSR count). The minimum absolute atomic E-state index is 0.627. The van der Waals surface area contributed by atoms with E-state index in [-0.39, 0.29) is 0 Å². The number of benzene rings is 2. The van der Waals surface area contributed by atoms with E-state index in [9.17, 15) is 5.11 Å². The molecule has 0 bridgehead atoms. The minimum atomic E-state index is -0.627. The predicted molar refractivity (Wildman–Crippen MR) is 66.7 cm³/mol. The molecule has 1 atom stereocenters. The molecule has 0 fully saturated rings. The standard InChI is InChI=1S/C15H12O2/c16-15(14-7-8-17-10-14)13-6-5-11-3-1-2-4-12(11)9-13/h1-10,15-16H/t15-/m0/s1. The third-order valence-corrected chi connectivity index (χ3v) is 2.95. The maximum atomic E-state index is 10.2. The van der Waals surface area contributed by atoms with Gasteiger partial charge in [0, 0.05) is 5.56 Å². The van der Waals surface area contributed by atoms with Crippen LogP contribution < -0.4 is 0 Å². The van der Waals surface area contributed by atoms with Crippen LogP contribution in [0.2, 0.25) is 0 Å². The van der Waals surface area contributed by atoms with Gasteiger partial charge in [-0.25, -0.2) is 0 Å². The lowest BCUT2D eigenvalue weighted by atomic mass is 10.0. The zero-order valence-corrected chi connectivity index (χ0v) is 9.21. The maximum absolute atomic E-state index is 10.2. The Balaban J connectivity index is 2.06. The number of rotatable bonds is 2. The first-order valence-electron chi connectivity index (χ1n) is 5.53. The molecule has 0 radical (unpaired) electrons. The van der Waals surface area contributed by atoms with Crippen molar-refractivity contribution in [2.45, 2.75) is 6.10 Å². The molecule has 0 saturated heterocycles. The molecule has 0 amide bonds. The summed E-state index contributed by atoms with van der Waals surface area (Å²) in [6.07, 6.45) is 2.51. The van der Waals surface area contributed by atoms with Crippen molar-refractivity contribution in [1.82, 2.24) is 0 Å². The zero-order chi connectivity index (χ0) is 11.7. The molecule has 0 unspecified atom stereocenters. The maximum Gasteiger partial charge on any atom is 0.107 e. The van der Waals surface area contributed by atoms with Crippen molar-refractivity contribution in [2.24, 2.45) is 0 Å². The third kappa shape index (κ3) is 1.83. The Morgan fingerprint density at radius 1 is 0.882 bits per heavy atom. The Kier molecular flexibility index (Phi) is 2.42. The van der Waals surface area contributed by atoms with Gasteiger partial charge < -0.3 is 9.52 Å². The second-order valence-corrected chi connectivity index (χ2v) is 4.07. The van der Waals surface area contributed by atoms with Gasteiger partial charge in [0.15, 0.2) is 0 Å². The minimum Gasteiger partial charge on any atom is -0.472 e. The molecule has 3 aromatic rings. The van der Waals surface area contributed by atoms with Crippen LogP contribution in [0, 0.1) is 0 Å². The van der Waals surface area contributed by atoms with Crippen LogP contribution in [0.15, 0.2) is 65.5 Å². The Morgan fingerprint density at radius 2 is 1.71 bits per heavy atom.